The largest absolute Gasteiger partial charge is 0.494 e. The van der Waals surface area contributed by atoms with E-state index in [0.29, 0.717) is 16.5 Å². The van der Waals surface area contributed by atoms with Gasteiger partial charge < -0.3 is 19.5 Å². The molecule has 0 saturated carbocycles. The molecule has 5 rings (SSSR count). The van der Waals surface area contributed by atoms with E-state index in [9.17, 15) is 8.42 Å². The van der Waals surface area contributed by atoms with E-state index in [4.69, 9.17) is 17.0 Å². The van der Waals surface area contributed by atoms with Crippen LogP contribution in [0.15, 0.2) is 66.9 Å². The maximum absolute atomic E-state index is 11.9. The van der Waals surface area contributed by atoms with Crippen molar-refractivity contribution in [1.82, 2.24) is 14.9 Å². The molecule has 4 aromatic rings. The first-order chi connectivity index (χ1) is 19.0. The van der Waals surface area contributed by atoms with Gasteiger partial charge in [0.05, 0.1) is 36.8 Å². The second-order valence-corrected chi connectivity index (χ2v) is 12.3. The Morgan fingerprint density at radius 1 is 1.02 bits per heavy atom. The summed E-state index contributed by atoms with van der Waals surface area (Å²) in [5.41, 5.74) is 8.87. The number of methoxy groups -OCH3 is 1. The van der Waals surface area contributed by atoms with Crippen LogP contribution in [0.3, 0.4) is 0 Å². The van der Waals surface area contributed by atoms with Gasteiger partial charge in [0, 0.05) is 35.0 Å². The number of pyridine rings is 1. The molecule has 0 unspecified atom stereocenters. The smallest absolute Gasteiger partial charge is 0.229 e. The number of nitrogens with one attached hydrogen (secondary N) is 2. The molecule has 2 aromatic carbocycles. The van der Waals surface area contributed by atoms with Gasteiger partial charge >= 0.3 is 0 Å². The van der Waals surface area contributed by atoms with Gasteiger partial charge in [-0.2, -0.15) is 0 Å². The zero-order valence-electron chi connectivity index (χ0n) is 23.4. The minimum Gasteiger partial charge on any atom is -0.494 e. The fourth-order valence-electron chi connectivity index (χ4n) is 5.48. The van der Waals surface area contributed by atoms with Crippen molar-refractivity contribution < 1.29 is 13.2 Å². The third kappa shape index (κ3) is 5.16. The standard InChI is InChI=1S/C30H33N5O3S2/c1-18-10-11-19(2)26(15-18)34-20(3)16-23(21(34)4)29-28(25-9-7-8-14-31-25)32-30(39)35(29)22-12-13-24(27(17-22)38-5)33-40(6,36)37/h7-17,28-29,33H,1-6H3,(H,32,39)/t28-,29-/m1/s1. The Balaban J connectivity index is 1.68. The summed E-state index contributed by atoms with van der Waals surface area (Å²) in [7, 11) is -1.97. The molecule has 40 heavy (non-hydrogen) atoms. The van der Waals surface area contributed by atoms with Gasteiger partial charge in [0.25, 0.3) is 0 Å². The number of nitrogens with zero attached hydrogens (tertiary/aromatic N) is 3. The lowest BCUT2D eigenvalue weighted by atomic mass is 9.96. The van der Waals surface area contributed by atoms with Crippen molar-refractivity contribution >= 4 is 38.7 Å². The fraction of sp³-hybridized carbons (Fsp3) is 0.267. The van der Waals surface area contributed by atoms with E-state index in [1.54, 1.807) is 18.3 Å². The molecule has 0 bridgehead atoms. The van der Waals surface area contributed by atoms with E-state index in [2.05, 4.69) is 76.5 Å². The molecule has 2 aromatic heterocycles. The van der Waals surface area contributed by atoms with Gasteiger partial charge in [-0.05, 0) is 93.0 Å². The van der Waals surface area contributed by atoms with Gasteiger partial charge in [-0.15, -0.1) is 0 Å². The summed E-state index contributed by atoms with van der Waals surface area (Å²) in [6.45, 7) is 8.49. The van der Waals surface area contributed by atoms with Gasteiger partial charge in [0.15, 0.2) is 5.11 Å². The normalized spacial score (nSPS) is 17.1. The van der Waals surface area contributed by atoms with Crippen LogP contribution in [-0.2, 0) is 10.0 Å². The van der Waals surface area contributed by atoms with E-state index in [1.807, 2.05) is 24.3 Å². The topological polar surface area (TPSA) is 88.5 Å². The molecule has 0 amide bonds. The number of hydrogen-bond donors (Lipinski definition) is 2. The zero-order valence-corrected chi connectivity index (χ0v) is 25.0. The summed E-state index contributed by atoms with van der Waals surface area (Å²) < 4.78 is 34.2. The number of sulfonamides is 1. The Morgan fingerprint density at radius 2 is 1.80 bits per heavy atom. The van der Waals surface area contributed by atoms with Crippen molar-refractivity contribution in [3.63, 3.8) is 0 Å². The van der Waals surface area contributed by atoms with Crippen molar-refractivity contribution in [3.05, 3.63) is 101 Å². The number of thiocarbonyl (C=S) groups is 1. The first-order valence-electron chi connectivity index (χ1n) is 12.9. The Kier molecular flexibility index (Phi) is 7.32. The fourth-order valence-corrected chi connectivity index (χ4v) is 6.39. The average molecular weight is 576 g/mol. The molecule has 2 atom stereocenters. The molecule has 1 fully saturated rings. The van der Waals surface area contributed by atoms with E-state index in [-0.39, 0.29) is 12.1 Å². The van der Waals surface area contributed by atoms with Crippen molar-refractivity contribution in [3.8, 4) is 11.4 Å². The molecule has 1 saturated heterocycles. The van der Waals surface area contributed by atoms with Gasteiger partial charge in [-0.1, -0.05) is 18.2 Å². The number of ether oxygens (including phenoxy) is 1. The van der Waals surface area contributed by atoms with Crippen molar-refractivity contribution in [2.45, 2.75) is 39.8 Å². The van der Waals surface area contributed by atoms with E-state index < -0.39 is 10.0 Å². The first-order valence-corrected chi connectivity index (χ1v) is 15.2. The molecule has 8 nitrogen and oxygen atoms in total. The molecule has 3 heterocycles. The highest BCUT2D eigenvalue weighted by atomic mass is 32.2. The maximum atomic E-state index is 11.9. The molecule has 1 aliphatic rings. The molecule has 0 radical (unpaired) electrons. The van der Waals surface area contributed by atoms with Gasteiger partial charge in [-0.25, -0.2) is 8.42 Å². The zero-order chi connectivity index (χ0) is 28.8. The van der Waals surface area contributed by atoms with Crippen molar-refractivity contribution in [2.24, 2.45) is 0 Å². The van der Waals surface area contributed by atoms with Crippen molar-refractivity contribution in [2.75, 3.05) is 23.0 Å². The van der Waals surface area contributed by atoms with Crippen LogP contribution in [0.25, 0.3) is 5.69 Å². The highest BCUT2D eigenvalue weighted by Gasteiger charge is 2.42. The third-order valence-corrected chi connectivity index (χ3v) is 8.16. The van der Waals surface area contributed by atoms with Crippen LogP contribution in [-0.4, -0.2) is 36.4 Å². The molecule has 0 aliphatic carbocycles. The summed E-state index contributed by atoms with van der Waals surface area (Å²) in [6.07, 6.45) is 2.90. The summed E-state index contributed by atoms with van der Waals surface area (Å²) in [5, 5.41) is 4.05. The van der Waals surface area contributed by atoms with Crippen LogP contribution in [0.2, 0.25) is 0 Å². The predicted molar refractivity (Wildman–Crippen MR) is 164 cm³/mol. The Bertz CT molecular complexity index is 1700. The van der Waals surface area contributed by atoms with Crippen LogP contribution in [0, 0.1) is 27.7 Å². The molecule has 10 heteroatoms. The molecule has 1 aliphatic heterocycles. The van der Waals surface area contributed by atoms with E-state index in [0.717, 1.165) is 40.3 Å². The van der Waals surface area contributed by atoms with Crippen LogP contribution >= 0.6 is 12.2 Å². The van der Waals surface area contributed by atoms with Crippen LogP contribution in [0.5, 0.6) is 5.75 Å². The van der Waals surface area contributed by atoms with Gasteiger partial charge in [0.2, 0.25) is 10.0 Å². The summed E-state index contributed by atoms with van der Waals surface area (Å²) in [4.78, 5) is 6.74. The molecule has 208 valence electrons. The Labute approximate surface area is 241 Å². The SMILES string of the molecule is COc1cc(N2C(=S)N[C@H](c3ccccn3)[C@H]2c2cc(C)n(-c3cc(C)ccc3C)c2C)ccc1NS(C)(=O)=O. The summed E-state index contributed by atoms with van der Waals surface area (Å²) in [6, 6.07) is 19.5. The lowest BCUT2D eigenvalue weighted by molar-refractivity contribution is 0.417. The van der Waals surface area contributed by atoms with Crippen LogP contribution in [0.4, 0.5) is 11.4 Å². The van der Waals surface area contributed by atoms with Crippen molar-refractivity contribution in [1.29, 1.82) is 0 Å². The van der Waals surface area contributed by atoms with Gasteiger partial charge in [-0.3, -0.25) is 9.71 Å². The highest BCUT2D eigenvalue weighted by molar-refractivity contribution is 7.92. The number of rotatable bonds is 7. The first kappa shape index (κ1) is 27.7. The van der Waals surface area contributed by atoms with Crippen LogP contribution < -0.4 is 19.7 Å². The number of benzene rings is 2. The average Bonchev–Trinajstić information content (AvgIpc) is 3.40. The summed E-state index contributed by atoms with van der Waals surface area (Å²) >= 11 is 5.92. The lowest BCUT2D eigenvalue weighted by Gasteiger charge is -2.29. The minimum atomic E-state index is -3.48. The van der Waals surface area contributed by atoms with E-state index >= 15 is 0 Å². The monoisotopic (exact) mass is 575 g/mol. The maximum Gasteiger partial charge on any atom is 0.229 e. The molecule has 0 spiro atoms. The number of aryl methyl sites for hydroxylation is 3. The number of hydrogen-bond acceptors (Lipinski definition) is 5. The number of aromatic nitrogens is 2. The molecule has 2 N–H and O–H groups in total. The van der Waals surface area contributed by atoms with Crippen LogP contribution in [0.1, 0.15) is 45.9 Å². The van der Waals surface area contributed by atoms with Gasteiger partial charge in [0.1, 0.15) is 5.75 Å². The highest BCUT2D eigenvalue weighted by Crippen LogP contribution is 2.45. The molecular formula is C30H33N5O3S2. The third-order valence-electron chi connectivity index (χ3n) is 7.25. The minimum absolute atomic E-state index is 0.221. The Morgan fingerprint density at radius 3 is 2.48 bits per heavy atom. The molecular weight excluding hydrogens is 542 g/mol. The lowest BCUT2D eigenvalue weighted by Crippen LogP contribution is -2.29. The Hall–Kier alpha value is -3.89. The second-order valence-electron chi connectivity index (χ2n) is 10.2. The predicted octanol–water partition coefficient (Wildman–Crippen LogP) is 5.66. The quantitative estimate of drug-likeness (QED) is 0.275. The summed E-state index contributed by atoms with van der Waals surface area (Å²) in [5.74, 6) is 0.395. The second kappa shape index (κ2) is 10.6. The number of anilines is 2. The van der Waals surface area contributed by atoms with E-state index in [1.165, 1.54) is 18.2 Å².